The summed E-state index contributed by atoms with van der Waals surface area (Å²) >= 11 is 0. The molecular weight excluding hydrogens is 741 g/mol. The predicted octanol–water partition coefficient (Wildman–Crippen LogP) is 14.8. The average molecular weight is 777 g/mol. The molecule has 0 amide bonds. The van der Waals surface area contributed by atoms with Crippen molar-refractivity contribution in [3.8, 4) is 62.1 Å². The molecule has 0 bridgehead atoms. The van der Waals surface area contributed by atoms with Gasteiger partial charge < -0.3 is 4.57 Å². The maximum atomic E-state index is 5.32. The Kier molecular flexibility index (Phi) is 8.13. The Hall–Kier alpha value is -8.21. The Morgan fingerprint density at radius 1 is 0.246 bits per heavy atom. The first kappa shape index (κ1) is 34.8. The minimum absolute atomic E-state index is 0.613. The fourth-order valence-corrected chi connectivity index (χ4v) is 9.15. The molecule has 0 radical (unpaired) electrons. The number of nitrogens with zero attached hydrogens (tertiary/aromatic N) is 4. The molecule has 0 saturated heterocycles. The van der Waals surface area contributed by atoms with E-state index in [1.165, 1.54) is 54.4 Å². The van der Waals surface area contributed by atoms with Crippen LogP contribution in [0.4, 0.5) is 0 Å². The highest BCUT2D eigenvalue weighted by atomic mass is 15.0. The van der Waals surface area contributed by atoms with Crippen molar-refractivity contribution >= 4 is 54.1 Å². The van der Waals surface area contributed by atoms with Crippen LogP contribution in [0, 0.1) is 0 Å². The molecule has 2 aromatic heterocycles. The SMILES string of the molecule is c1ccc(-c2ccc(-c3nc(-c4ccccc4)nc(-c4cc(-n5c6ccccc6c6ccc(-c7ccccc7)cc65)c5c6ccccc6c6ccccc6c5c4)n3)cc2)cc1. The van der Waals surface area contributed by atoms with Crippen LogP contribution in [-0.2, 0) is 0 Å². The summed E-state index contributed by atoms with van der Waals surface area (Å²) in [6.07, 6.45) is 0. The Bertz CT molecular complexity index is 3610. The summed E-state index contributed by atoms with van der Waals surface area (Å²) in [4.78, 5) is 15.7. The highest BCUT2D eigenvalue weighted by Crippen LogP contribution is 2.44. The third-order valence-electron chi connectivity index (χ3n) is 12.0. The van der Waals surface area contributed by atoms with Gasteiger partial charge in [0.2, 0.25) is 0 Å². The zero-order chi connectivity index (χ0) is 40.3. The molecule has 2 heterocycles. The van der Waals surface area contributed by atoms with Crippen molar-refractivity contribution in [2.75, 3.05) is 0 Å². The molecule has 0 aliphatic heterocycles. The lowest BCUT2D eigenvalue weighted by molar-refractivity contribution is 1.07. The van der Waals surface area contributed by atoms with Gasteiger partial charge in [-0.05, 0) is 73.5 Å². The first-order chi connectivity index (χ1) is 30.2. The van der Waals surface area contributed by atoms with Crippen LogP contribution in [0.25, 0.3) is 116 Å². The molecule has 0 aliphatic rings. The van der Waals surface area contributed by atoms with E-state index in [4.69, 9.17) is 15.0 Å². The number of benzene rings is 10. The fraction of sp³-hybridized carbons (Fsp3) is 0. The molecule has 0 N–H and O–H groups in total. The predicted molar refractivity (Wildman–Crippen MR) is 254 cm³/mol. The molecule has 0 fully saturated rings. The molecule has 284 valence electrons. The van der Waals surface area contributed by atoms with Gasteiger partial charge in [0.15, 0.2) is 17.5 Å². The number of aromatic nitrogens is 4. The van der Waals surface area contributed by atoms with Crippen LogP contribution in [0.1, 0.15) is 0 Å². The van der Waals surface area contributed by atoms with E-state index < -0.39 is 0 Å². The first-order valence-corrected chi connectivity index (χ1v) is 20.7. The molecule has 0 aliphatic carbocycles. The third kappa shape index (κ3) is 5.88. The molecule has 12 aromatic rings. The molecule has 4 heteroatoms. The number of rotatable bonds is 6. The molecule has 0 spiro atoms. The van der Waals surface area contributed by atoms with Gasteiger partial charge in [-0.2, -0.15) is 0 Å². The van der Waals surface area contributed by atoms with Crippen LogP contribution in [0.3, 0.4) is 0 Å². The smallest absolute Gasteiger partial charge is 0.164 e. The molecule has 61 heavy (non-hydrogen) atoms. The lowest BCUT2D eigenvalue weighted by atomic mass is 9.91. The summed E-state index contributed by atoms with van der Waals surface area (Å²) in [6, 6.07) is 77.6. The second-order valence-electron chi connectivity index (χ2n) is 15.6. The van der Waals surface area contributed by atoms with E-state index in [-0.39, 0.29) is 0 Å². The summed E-state index contributed by atoms with van der Waals surface area (Å²) in [7, 11) is 0. The van der Waals surface area contributed by atoms with Crippen LogP contribution in [0.5, 0.6) is 0 Å². The molecular formula is C57H36N4. The number of para-hydroxylation sites is 1. The molecule has 12 rings (SSSR count). The van der Waals surface area contributed by atoms with Crippen molar-refractivity contribution in [2.24, 2.45) is 0 Å². The van der Waals surface area contributed by atoms with Crippen LogP contribution >= 0.6 is 0 Å². The minimum Gasteiger partial charge on any atom is -0.309 e. The molecule has 10 aromatic carbocycles. The standard InChI is InChI=1S/C57H36N4/c1-4-16-37(17-5-1)39-28-30-41(31-29-39)56-58-55(40-20-8-3-9-21-40)59-57(60-56)43-34-50-46-24-11-10-22-44(46)45-23-12-13-26-49(45)54(50)53(36-43)61-51-27-15-14-25-47(51)48-33-32-42(35-52(48)61)38-18-6-2-7-19-38/h1-36H. The lowest BCUT2D eigenvalue weighted by Crippen LogP contribution is -2.02. The summed E-state index contributed by atoms with van der Waals surface area (Å²) in [5, 5.41) is 9.53. The zero-order valence-corrected chi connectivity index (χ0v) is 33.1. The normalized spacial score (nSPS) is 11.6. The topological polar surface area (TPSA) is 43.6 Å². The van der Waals surface area contributed by atoms with Gasteiger partial charge >= 0.3 is 0 Å². The van der Waals surface area contributed by atoms with Crippen molar-refractivity contribution in [2.45, 2.75) is 0 Å². The van der Waals surface area contributed by atoms with Crippen molar-refractivity contribution < 1.29 is 0 Å². The highest BCUT2D eigenvalue weighted by molar-refractivity contribution is 6.28. The Balaban J connectivity index is 1.18. The first-order valence-electron chi connectivity index (χ1n) is 20.7. The van der Waals surface area contributed by atoms with Crippen molar-refractivity contribution in [1.82, 2.24) is 19.5 Å². The van der Waals surface area contributed by atoms with E-state index in [2.05, 4.69) is 199 Å². The number of fused-ring (bicyclic) bond motifs is 9. The second-order valence-corrected chi connectivity index (χ2v) is 15.6. The number of hydrogen-bond donors (Lipinski definition) is 0. The Morgan fingerprint density at radius 2 is 0.656 bits per heavy atom. The number of hydrogen-bond acceptors (Lipinski definition) is 3. The third-order valence-corrected chi connectivity index (χ3v) is 12.0. The summed E-state index contributed by atoms with van der Waals surface area (Å²) in [5.41, 5.74) is 10.8. The second kappa shape index (κ2) is 14.3. The van der Waals surface area contributed by atoms with E-state index in [0.717, 1.165) is 44.4 Å². The average Bonchev–Trinajstić information content (AvgIpc) is 3.68. The van der Waals surface area contributed by atoms with Crippen molar-refractivity contribution in [3.05, 3.63) is 218 Å². The van der Waals surface area contributed by atoms with Gasteiger partial charge in [-0.3, -0.25) is 0 Å². The highest BCUT2D eigenvalue weighted by Gasteiger charge is 2.21. The molecule has 0 saturated carbocycles. The van der Waals surface area contributed by atoms with Crippen molar-refractivity contribution in [1.29, 1.82) is 0 Å². The monoisotopic (exact) mass is 776 g/mol. The molecule has 4 nitrogen and oxygen atoms in total. The summed E-state index contributed by atoms with van der Waals surface area (Å²) < 4.78 is 2.46. The zero-order valence-electron chi connectivity index (χ0n) is 33.1. The van der Waals surface area contributed by atoms with Gasteiger partial charge in [-0.15, -0.1) is 0 Å². The van der Waals surface area contributed by atoms with Crippen LogP contribution in [-0.4, -0.2) is 19.5 Å². The summed E-state index contributed by atoms with van der Waals surface area (Å²) in [5.74, 6) is 1.86. The molecule has 0 atom stereocenters. The van der Waals surface area contributed by atoms with Gasteiger partial charge in [-0.1, -0.05) is 194 Å². The van der Waals surface area contributed by atoms with Gasteiger partial charge in [-0.25, -0.2) is 15.0 Å². The molecule has 0 unspecified atom stereocenters. The summed E-state index contributed by atoms with van der Waals surface area (Å²) in [6.45, 7) is 0. The van der Waals surface area contributed by atoms with E-state index in [1.54, 1.807) is 0 Å². The minimum atomic E-state index is 0.613. The van der Waals surface area contributed by atoms with E-state index in [1.807, 2.05) is 24.3 Å². The van der Waals surface area contributed by atoms with Gasteiger partial charge in [0.05, 0.1) is 16.7 Å². The van der Waals surface area contributed by atoms with Crippen LogP contribution in [0.2, 0.25) is 0 Å². The Morgan fingerprint density at radius 3 is 1.30 bits per heavy atom. The van der Waals surface area contributed by atoms with Crippen molar-refractivity contribution in [3.63, 3.8) is 0 Å². The lowest BCUT2D eigenvalue weighted by Gasteiger charge is -2.18. The Labute approximate surface area is 352 Å². The maximum absolute atomic E-state index is 5.32. The van der Waals surface area contributed by atoms with Gasteiger partial charge in [0.25, 0.3) is 0 Å². The van der Waals surface area contributed by atoms with E-state index in [9.17, 15) is 0 Å². The van der Waals surface area contributed by atoms with E-state index >= 15 is 0 Å². The van der Waals surface area contributed by atoms with E-state index in [0.29, 0.717) is 17.5 Å². The fourth-order valence-electron chi connectivity index (χ4n) is 9.15. The van der Waals surface area contributed by atoms with Crippen LogP contribution < -0.4 is 0 Å². The van der Waals surface area contributed by atoms with Gasteiger partial charge in [0, 0.05) is 32.8 Å². The van der Waals surface area contributed by atoms with Crippen LogP contribution in [0.15, 0.2) is 218 Å². The maximum Gasteiger partial charge on any atom is 0.164 e. The largest absolute Gasteiger partial charge is 0.309 e. The van der Waals surface area contributed by atoms with Gasteiger partial charge in [0.1, 0.15) is 0 Å². The quantitative estimate of drug-likeness (QED) is 0.158.